The van der Waals surface area contributed by atoms with Gasteiger partial charge in [-0.25, -0.2) is 13.6 Å². The first-order chi connectivity index (χ1) is 9.88. The Bertz CT molecular complexity index is 547. The number of primary sulfonamides is 1. The molecule has 1 aromatic rings. The minimum absolute atomic E-state index is 0.0937. The fraction of sp³-hybridized carbons (Fsp3) is 0.533. The Hall–Kier alpha value is -1.40. The summed E-state index contributed by atoms with van der Waals surface area (Å²) in [6, 6.07) is 6.37. The predicted octanol–water partition coefficient (Wildman–Crippen LogP) is 1.92. The van der Waals surface area contributed by atoms with Gasteiger partial charge >= 0.3 is 0 Å². The topological polar surface area (TPSA) is 80.5 Å². The van der Waals surface area contributed by atoms with Crippen LogP contribution in [0.4, 0.5) is 0 Å². The summed E-state index contributed by atoms with van der Waals surface area (Å²) in [5.41, 5.74) is 0.934. The molecule has 0 aliphatic carbocycles. The van der Waals surface area contributed by atoms with E-state index in [1.54, 1.807) is 12.1 Å². The Labute approximate surface area is 127 Å². The zero-order valence-corrected chi connectivity index (χ0v) is 13.5. The third-order valence-corrected chi connectivity index (χ3v) is 4.15. The van der Waals surface area contributed by atoms with Crippen LogP contribution in [0.5, 0.6) is 0 Å². The van der Waals surface area contributed by atoms with Crippen LogP contribution in [0.2, 0.25) is 0 Å². The normalized spacial score (nSPS) is 11.4. The molecule has 0 saturated carbocycles. The number of rotatable bonds is 8. The van der Waals surface area contributed by atoms with Gasteiger partial charge in [-0.2, -0.15) is 0 Å². The molecule has 0 fully saturated rings. The SMILES string of the molecule is CCCN(CCC)C(=O)CCc1ccc(S(N)(=O)=O)cc1. The average Bonchev–Trinajstić information content (AvgIpc) is 2.44. The molecule has 0 bridgehead atoms. The highest BCUT2D eigenvalue weighted by Crippen LogP contribution is 2.11. The monoisotopic (exact) mass is 312 g/mol. The van der Waals surface area contributed by atoms with Crippen LogP contribution in [0.25, 0.3) is 0 Å². The van der Waals surface area contributed by atoms with Crippen molar-refractivity contribution in [3.63, 3.8) is 0 Å². The second kappa shape index (κ2) is 8.14. The summed E-state index contributed by atoms with van der Waals surface area (Å²) in [6.07, 6.45) is 2.95. The molecule has 0 aliphatic rings. The van der Waals surface area contributed by atoms with E-state index in [9.17, 15) is 13.2 Å². The Morgan fingerprint density at radius 2 is 1.62 bits per heavy atom. The number of sulfonamides is 1. The molecular weight excluding hydrogens is 288 g/mol. The van der Waals surface area contributed by atoms with Gasteiger partial charge in [0.25, 0.3) is 0 Å². The fourth-order valence-corrected chi connectivity index (χ4v) is 2.67. The van der Waals surface area contributed by atoms with Crippen LogP contribution in [-0.2, 0) is 21.2 Å². The standard InChI is InChI=1S/C15H24N2O3S/c1-3-11-17(12-4-2)15(18)10-7-13-5-8-14(9-6-13)21(16,19)20/h5-6,8-9H,3-4,7,10-12H2,1-2H3,(H2,16,19,20). The second-order valence-electron chi connectivity index (χ2n) is 5.07. The van der Waals surface area contributed by atoms with Crippen molar-refractivity contribution < 1.29 is 13.2 Å². The lowest BCUT2D eigenvalue weighted by Crippen LogP contribution is -2.32. The Morgan fingerprint density at radius 1 is 1.10 bits per heavy atom. The number of hydrogen-bond acceptors (Lipinski definition) is 3. The van der Waals surface area contributed by atoms with Gasteiger partial charge in [0.15, 0.2) is 0 Å². The largest absolute Gasteiger partial charge is 0.343 e. The van der Waals surface area contributed by atoms with E-state index in [4.69, 9.17) is 5.14 Å². The maximum Gasteiger partial charge on any atom is 0.238 e. The molecule has 5 nitrogen and oxygen atoms in total. The summed E-state index contributed by atoms with van der Waals surface area (Å²) >= 11 is 0. The van der Waals surface area contributed by atoms with E-state index < -0.39 is 10.0 Å². The molecule has 0 spiro atoms. The van der Waals surface area contributed by atoms with Crippen LogP contribution in [0.1, 0.15) is 38.7 Å². The second-order valence-corrected chi connectivity index (χ2v) is 6.63. The Kier molecular flexibility index (Phi) is 6.84. The van der Waals surface area contributed by atoms with Gasteiger partial charge in [-0.05, 0) is 37.0 Å². The number of aryl methyl sites for hydroxylation is 1. The van der Waals surface area contributed by atoms with E-state index in [1.807, 2.05) is 4.90 Å². The first kappa shape index (κ1) is 17.7. The molecule has 6 heteroatoms. The number of benzene rings is 1. The maximum absolute atomic E-state index is 12.1. The fourth-order valence-electron chi connectivity index (χ4n) is 2.16. The molecule has 0 aromatic heterocycles. The molecule has 21 heavy (non-hydrogen) atoms. The van der Waals surface area contributed by atoms with Gasteiger partial charge in [0.2, 0.25) is 15.9 Å². The molecule has 0 heterocycles. The first-order valence-corrected chi connectivity index (χ1v) is 8.82. The smallest absolute Gasteiger partial charge is 0.238 e. The van der Waals surface area contributed by atoms with Crippen LogP contribution < -0.4 is 5.14 Å². The van der Waals surface area contributed by atoms with Gasteiger partial charge in [0.05, 0.1) is 4.90 Å². The summed E-state index contributed by atoms with van der Waals surface area (Å²) in [7, 11) is -3.65. The van der Waals surface area contributed by atoms with Gasteiger partial charge in [-0.1, -0.05) is 26.0 Å². The van der Waals surface area contributed by atoms with Gasteiger partial charge in [0.1, 0.15) is 0 Å². The summed E-state index contributed by atoms with van der Waals surface area (Å²) < 4.78 is 22.3. The molecule has 118 valence electrons. The van der Waals surface area contributed by atoms with Crippen LogP contribution in [0, 0.1) is 0 Å². The zero-order valence-electron chi connectivity index (χ0n) is 12.7. The quantitative estimate of drug-likeness (QED) is 0.796. The van der Waals surface area contributed by atoms with Gasteiger partial charge in [-0.15, -0.1) is 0 Å². The van der Waals surface area contributed by atoms with Crippen LogP contribution in [-0.4, -0.2) is 32.3 Å². The highest BCUT2D eigenvalue weighted by molar-refractivity contribution is 7.89. The summed E-state index contributed by atoms with van der Waals surface area (Å²) in [4.78, 5) is 14.1. The van der Waals surface area contributed by atoms with Crippen molar-refractivity contribution in [2.75, 3.05) is 13.1 Å². The van der Waals surface area contributed by atoms with Gasteiger partial charge in [-0.3, -0.25) is 4.79 Å². The number of amides is 1. The van der Waals surface area contributed by atoms with E-state index in [0.717, 1.165) is 31.5 Å². The van der Waals surface area contributed by atoms with Crippen molar-refractivity contribution in [2.24, 2.45) is 5.14 Å². The highest BCUT2D eigenvalue weighted by Gasteiger charge is 2.12. The number of nitrogens with zero attached hydrogens (tertiary/aromatic N) is 1. The lowest BCUT2D eigenvalue weighted by Gasteiger charge is -2.21. The predicted molar refractivity (Wildman–Crippen MR) is 83.3 cm³/mol. The molecule has 2 N–H and O–H groups in total. The third-order valence-electron chi connectivity index (χ3n) is 3.22. The molecule has 0 saturated heterocycles. The molecule has 1 aromatic carbocycles. The number of carbonyl (C=O) groups is 1. The van der Waals surface area contributed by atoms with Crippen molar-refractivity contribution in [1.29, 1.82) is 0 Å². The van der Waals surface area contributed by atoms with E-state index in [1.165, 1.54) is 12.1 Å². The number of nitrogens with two attached hydrogens (primary N) is 1. The van der Waals surface area contributed by atoms with E-state index >= 15 is 0 Å². The highest BCUT2D eigenvalue weighted by atomic mass is 32.2. The molecule has 0 radical (unpaired) electrons. The molecular formula is C15H24N2O3S. The van der Waals surface area contributed by atoms with Gasteiger partial charge < -0.3 is 4.90 Å². The lowest BCUT2D eigenvalue weighted by atomic mass is 10.1. The zero-order chi connectivity index (χ0) is 15.9. The maximum atomic E-state index is 12.1. The van der Waals surface area contributed by atoms with Crippen molar-refractivity contribution in [2.45, 2.75) is 44.4 Å². The van der Waals surface area contributed by atoms with Crippen molar-refractivity contribution in [3.8, 4) is 0 Å². The summed E-state index contributed by atoms with van der Waals surface area (Å²) in [5.74, 6) is 0.147. The van der Waals surface area contributed by atoms with E-state index in [-0.39, 0.29) is 10.8 Å². The van der Waals surface area contributed by atoms with Gasteiger partial charge in [0, 0.05) is 19.5 Å². The molecule has 0 unspecified atom stereocenters. The lowest BCUT2D eigenvalue weighted by molar-refractivity contribution is -0.131. The minimum atomic E-state index is -3.65. The first-order valence-electron chi connectivity index (χ1n) is 7.28. The molecule has 0 atom stereocenters. The van der Waals surface area contributed by atoms with Crippen molar-refractivity contribution in [3.05, 3.63) is 29.8 Å². The summed E-state index contributed by atoms with van der Waals surface area (Å²) in [6.45, 7) is 5.69. The van der Waals surface area contributed by atoms with Crippen molar-refractivity contribution in [1.82, 2.24) is 4.90 Å². The minimum Gasteiger partial charge on any atom is -0.343 e. The molecule has 1 rings (SSSR count). The molecule has 0 aliphatic heterocycles. The van der Waals surface area contributed by atoms with Crippen LogP contribution >= 0.6 is 0 Å². The Balaban J connectivity index is 2.60. The average molecular weight is 312 g/mol. The number of carbonyl (C=O) groups excluding carboxylic acids is 1. The number of hydrogen-bond donors (Lipinski definition) is 1. The van der Waals surface area contributed by atoms with E-state index in [2.05, 4.69) is 13.8 Å². The van der Waals surface area contributed by atoms with Crippen LogP contribution in [0.3, 0.4) is 0 Å². The van der Waals surface area contributed by atoms with E-state index in [0.29, 0.717) is 12.8 Å². The van der Waals surface area contributed by atoms with Crippen molar-refractivity contribution >= 4 is 15.9 Å². The third kappa shape index (κ3) is 5.85. The molecule has 1 amide bonds. The van der Waals surface area contributed by atoms with Crippen LogP contribution in [0.15, 0.2) is 29.2 Å². The summed E-state index contributed by atoms with van der Waals surface area (Å²) in [5, 5.41) is 5.05. The Morgan fingerprint density at radius 3 is 2.05 bits per heavy atom.